The normalized spacial score (nSPS) is 18.1. The SMILES string of the molecule is COc1ccc(C2=Nn3cnnc3S[C@H]2C)cc1. The molecule has 0 spiro atoms. The van der Waals surface area contributed by atoms with E-state index in [0.717, 1.165) is 22.2 Å². The Bertz CT molecular complexity index is 590. The van der Waals surface area contributed by atoms with E-state index in [4.69, 9.17) is 4.74 Å². The molecule has 2 aromatic rings. The summed E-state index contributed by atoms with van der Waals surface area (Å²) in [5.41, 5.74) is 2.12. The highest BCUT2D eigenvalue weighted by atomic mass is 32.2. The van der Waals surface area contributed by atoms with Gasteiger partial charge in [-0.2, -0.15) is 9.78 Å². The molecule has 0 saturated carbocycles. The second-order valence-electron chi connectivity index (χ2n) is 3.93. The van der Waals surface area contributed by atoms with Crippen LogP contribution in [0.4, 0.5) is 0 Å². The highest BCUT2D eigenvalue weighted by Gasteiger charge is 2.22. The molecule has 0 saturated heterocycles. The van der Waals surface area contributed by atoms with Gasteiger partial charge < -0.3 is 4.74 Å². The Balaban J connectivity index is 2.00. The van der Waals surface area contributed by atoms with Crippen molar-refractivity contribution >= 4 is 17.5 Å². The minimum Gasteiger partial charge on any atom is -0.497 e. The molecule has 0 radical (unpaired) electrons. The van der Waals surface area contributed by atoms with E-state index in [2.05, 4.69) is 22.2 Å². The van der Waals surface area contributed by atoms with E-state index in [0.29, 0.717) is 0 Å². The van der Waals surface area contributed by atoms with Crippen molar-refractivity contribution in [2.75, 3.05) is 7.11 Å². The average molecular weight is 260 g/mol. The number of ether oxygens (including phenoxy) is 1. The Morgan fingerprint density at radius 2 is 2.06 bits per heavy atom. The third-order valence-electron chi connectivity index (χ3n) is 2.77. The fourth-order valence-corrected chi connectivity index (χ4v) is 2.73. The molecule has 92 valence electrons. The number of hydrogen-bond donors (Lipinski definition) is 0. The number of benzene rings is 1. The summed E-state index contributed by atoms with van der Waals surface area (Å²) in [6.45, 7) is 2.12. The highest BCUT2D eigenvalue weighted by Crippen LogP contribution is 2.29. The van der Waals surface area contributed by atoms with E-state index in [-0.39, 0.29) is 5.25 Å². The molecule has 0 amide bonds. The molecular weight excluding hydrogens is 248 g/mol. The van der Waals surface area contributed by atoms with Crippen molar-refractivity contribution in [2.45, 2.75) is 17.3 Å². The zero-order valence-electron chi connectivity index (χ0n) is 10.1. The van der Waals surface area contributed by atoms with Crippen molar-refractivity contribution < 1.29 is 4.74 Å². The summed E-state index contributed by atoms with van der Waals surface area (Å²) in [7, 11) is 1.66. The van der Waals surface area contributed by atoms with Crippen LogP contribution < -0.4 is 4.74 Å². The smallest absolute Gasteiger partial charge is 0.212 e. The Hall–Kier alpha value is -1.82. The first-order valence-corrected chi connectivity index (χ1v) is 6.46. The third-order valence-corrected chi connectivity index (χ3v) is 3.83. The highest BCUT2D eigenvalue weighted by molar-refractivity contribution is 8.00. The number of methoxy groups -OCH3 is 1. The van der Waals surface area contributed by atoms with Gasteiger partial charge in [-0.1, -0.05) is 11.8 Å². The Kier molecular flexibility index (Phi) is 2.79. The molecular formula is C12H12N4OS. The summed E-state index contributed by atoms with van der Waals surface area (Å²) < 4.78 is 6.87. The van der Waals surface area contributed by atoms with E-state index < -0.39 is 0 Å². The molecule has 0 unspecified atom stereocenters. The van der Waals surface area contributed by atoms with Gasteiger partial charge in [0.25, 0.3) is 0 Å². The van der Waals surface area contributed by atoms with Gasteiger partial charge in [0.15, 0.2) is 0 Å². The lowest BCUT2D eigenvalue weighted by atomic mass is 10.1. The van der Waals surface area contributed by atoms with Crippen LogP contribution in [0.25, 0.3) is 0 Å². The van der Waals surface area contributed by atoms with Crippen LogP contribution in [-0.4, -0.2) is 32.9 Å². The number of fused-ring (bicyclic) bond motifs is 1. The molecule has 5 nitrogen and oxygen atoms in total. The maximum absolute atomic E-state index is 5.16. The molecule has 1 aliphatic heterocycles. The summed E-state index contributed by atoms with van der Waals surface area (Å²) in [6, 6.07) is 7.92. The zero-order chi connectivity index (χ0) is 12.5. The van der Waals surface area contributed by atoms with Gasteiger partial charge in [-0.15, -0.1) is 10.2 Å². The van der Waals surface area contributed by atoms with Crippen molar-refractivity contribution in [2.24, 2.45) is 5.10 Å². The maximum atomic E-state index is 5.16. The number of thioether (sulfide) groups is 1. The van der Waals surface area contributed by atoms with Gasteiger partial charge in [0.2, 0.25) is 5.16 Å². The van der Waals surface area contributed by atoms with Crippen LogP contribution in [0, 0.1) is 0 Å². The average Bonchev–Trinajstić information content (AvgIpc) is 2.85. The first-order valence-electron chi connectivity index (χ1n) is 5.58. The summed E-state index contributed by atoms with van der Waals surface area (Å²) in [5.74, 6) is 0.848. The van der Waals surface area contributed by atoms with E-state index in [1.807, 2.05) is 24.3 Å². The van der Waals surface area contributed by atoms with Crippen LogP contribution in [0.1, 0.15) is 12.5 Å². The van der Waals surface area contributed by atoms with Crippen molar-refractivity contribution in [3.8, 4) is 5.75 Å². The Labute approximate surface area is 109 Å². The Morgan fingerprint density at radius 1 is 1.28 bits per heavy atom. The van der Waals surface area contributed by atoms with E-state index in [9.17, 15) is 0 Å². The standard InChI is InChI=1S/C12H12N4OS/c1-8-11(9-3-5-10(17-2)6-4-9)15-16-7-13-14-12(16)18-8/h3-8H,1-2H3/t8-/m0/s1. The summed E-state index contributed by atoms with van der Waals surface area (Å²) in [6.07, 6.45) is 1.62. The predicted molar refractivity (Wildman–Crippen MR) is 70.3 cm³/mol. The minimum absolute atomic E-state index is 0.259. The molecule has 18 heavy (non-hydrogen) atoms. The number of aromatic nitrogens is 3. The van der Waals surface area contributed by atoms with Crippen molar-refractivity contribution in [1.82, 2.24) is 14.9 Å². The Morgan fingerprint density at radius 3 is 2.78 bits per heavy atom. The lowest BCUT2D eigenvalue weighted by Gasteiger charge is -2.18. The molecule has 1 aromatic heterocycles. The van der Waals surface area contributed by atoms with Crippen LogP contribution in [0.2, 0.25) is 0 Å². The minimum atomic E-state index is 0.259. The summed E-state index contributed by atoms with van der Waals surface area (Å²) >= 11 is 1.66. The van der Waals surface area contributed by atoms with Gasteiger partial charge >= 0.3 is 0 Å². The van der Waals surface area contributed by atoms with Crippen LogP contribution >= 0.6 is 11.8 Å². The number of hydrogen-bond acceptors (Lipinski definition) is 5. The third kappa shape index (κ3) is 1.88. The van der Waals surface area contributed by atoms with Gasteiger partial charge in [0.05, 0.1) is 18.1 Å². The topological polar surface area (TPSA) is 52.3 Å². The number of rotatable bonds is 2. The second kappa shape index (κ2) is 4.45. The molecule has 1 aliphatic rings. The molecule has 1 atom stereocenters. The fraction of sp³-hybridized carbons (Fsp3) is 0.250. The fourth-order valence-electron chi connectivity index (χ4n) is 1.83. The van der Waals surface area contributed by atoms with Crippen LogP contribution in [0.5, 0.6) is 5.75 Å². The molecule has 3 rings (SSSR count). The second-order valence-corrected chi connectivity index (χ2v) is 5.24. The first-order chi connectivity index (χ1) is 8.78. The molecule has 6 heteroatoms. The summed E-state index contributed by atoms with van der Waals surface area (Å²) in [5, 5.41) is 13.5. The molecule has 0 aliphatic carbocycles. The first kappa shape index (κ1) is 11.3. The largest absolute Gasteiger partial charge is 0.497 e. The van der Waals surface area contributed by atoms with Gasteiger partial charge in [-0.25, -0.2) is 0 Å². The van der Waals surface area contributed by atoms with Crippen LogP contribution in [-0.2, 0) is 0 Å². The van der Waals surface area contributed by atoms with Crippen molar-refractivity contribution in [3.05, 3.63) is 36.2 Å². The van der Waals surface area contributed by atoms with Gasteiger partial charge in [-0.3, -0.25) is 0 Å². The molecule has 0 bridgehead atoms. The van der Waals surface area contributed by atoms with E-state index >= 15 is 0 Å². The zero-order valence-corrected chi connectivity index (χ0v) is 10.9. The van der Waals surface area contributed by atoms with Gasteiger partial charge in [0.1, 0.15) is 12.1 Å². The molecule has 0 fully saturated rings. The monoisotopic (exact) mass is 260 g/mol. The molecule has 0 N–H and O–H groups in total. The van der Waals surface area contributed by atoms with Crippen molar-refractivity contribution in [3.63, 3.8) is 0 Å². The quantitative estimate of drug-likeness (QED) is 0.829. The molecule has 2 heterocycles. The van der Waals surface area contributed by atoms with Crippen LogP contribution in [0.15, 0.2) is 40.9 Å². The maximum Gasteiger partial charge on any atom is 0.212 e. The molecule has 1 aromatic carbocycles. The lowest BCUT2D eigenvalue weighted by molar-refractivity contribution is 0.415. The van der Waals surface area contributed by atoms with Gasteiger partial charge in [-0.05, 0) is 36.8 Å². The van der Waals surface area contributed by atoms with E-state index in [1.165, 1.54) is 0 Å². The van der Waals surface area contributed by atoms with E-state index in [1.54, 1.807) is 29.9 Å². The lowest BCUT2D eigenvalue weighted by Crippen LogP contribution is -2.21. The van der Waals surface area contributed by atoms with Crippen molar-refractivity contribution in [1.29, 1.82) is 0 Å². The van der Waals surface area contributed by atoms with Gasteiger partial charge in [0, 0.05) is 0 Å². The number of nitrogens with zero attached hydrogens (tertiary/aromatic N) is 4. The van der Waals surface area contributed by atoms with Crippen LogP contribution in [0.3, 0.4) is 0 Å². The summed E-state index contributed by atoms with van der Waals surface area (Å²) in [4.78, 5) is 0. The predicted octanol–water partition coefficient (Wildman–Crippen LogP) is 2.03.